The van der Waals surface area contributed by atoms with E-state index in [-0.39, 0.29) is 17.3 Å². The lowest BCUT2D eigenvalue weighted by Gasteiger charge is -2.07. The number of rotatable bonds is 6. The van der Waals surface area contributed by atoms with Gasteiger partial charge in [-0.1, -0.05) is 30.4 Å². The molecule has 0 aliphatic rings. The number of thiocarbonyl (C=S) groups is 1. The molecule has 0 saturated carbocycles. The molecule has 2 rings (SSSR count). The SMILES string of the molecule is NC(=S)c1cccc(CS(=O)(=O)NCc2nccs2)c1. The summed E-state index contributed by atoms with van der Waals surface area (Å²) in [6, 6.07) is 6.90. The number of sulfonamides is 1. The Kier molecular flexibility index (Phi) is 4.81. The molecule has 0 unspecified atom stereocenters. The number of nitrogens with two attached hydrogens (primary N) is 1. The first-order chi connectivity index (χ1) is 9.46. The number of hydrogen-bond donors (Lipinski definition) is 2. The van der Waals surface area contributed by atoms with Gasteiger partial charge in [-0.2, -0.15) is 0 Å². The summed E-state index contributed by atoms with van der Waals surface area (Å²) < 4.78 is 26.5. The van der Waals surface area contributed by atoms with E-state index in [0.29, 0.717) is 11.1 Å². The number of nitrogens with one attached hydrogen (secondary N) is 1. The fourth-order valence-corrected chi connectivity index (χ4v) is 3.45. The third kappa shape index (κ3) is 4.34. The maximum absolute atomic E-state index is 12.0. The summed E-state index contributed by atoms with van der Waals surface area (Å²) in [5.41, 5.74) is 6.83. The largest absolute Gasteiger partial charge is 0.389 e. The molecule has 2 aromatic rings. The normalized spacial score (nSPS) is 11.4. The summed E-state index contributed by atoms with van der Waals surface area (Å²) in [6.07, 6.45) is 1.64. The van der Waals surface area contributed by atoms with Gasteiger partial charge >= 0.3 is 0 Å². The van der Waals surface area contributed by atoms with Gasteiger partial charge in [-0.3, -0.25) is 0 Å². The van der Waals surface area contributed by atoms with Crippen molar-refractivity contribution in [3.63, 3.8) is 0 Å². The molecule has 0 spiro atoms. The average molecular weight is 327 g/mol. The Bertz CT molecular complexity index is 696. The lowest BCUT2D eigenvalue weighted by atomic mass is 10.1. The van der Waals surface area contributed by atoms with Crippen LogP contribution in [0.2, 0.25) is 0 Å². The van der Waals surface area contributed by atoms with Crippen LogP contribution >= 0.6 is 23.6 Å². The standard InChI is InChI=1S/C12H13N3O2S3/c13-12(18)10-3-1-2-9(6-10)8-20(16,17)15-7-11-14-4-5-19-11/h1-6,15H,7-8H2,(H2,13,18). The van der Waals surface area contributed by atoms with Crippen molar-refractivity contribution in [1.82, 2.24) is 9.71 Å². The van der Waals surface area contributed by atoms with Gasteiger partial charge in [-0.25, -0.2) is 18.1 Å². The van der Waals surface area contributed by atoms with Crippen LogP contribution in [0.1, 0.15) is 16.1 Å². The van der Waals surface area contributed by atoms with E-state index in [1.54, 1.807) is 35.8 Å². The molecule has 20 heavy (non-hydrogen) atoms. The van der Waals surface area contributed by atoms with Gasteiger partial charge < -0.3 is 5.73 Å². The molecule has 1 aromatic heterocycles. The highest BCUT2D eigenvalue weighted by molar-refractivity contribution is 7.88. The molecule has 0 amide bonds. The van der Waals surface area contributed by atoms with Gasteiger partial charge in [0.05, 0.1) is 12.3 Å². The fourth-order valence-electron chi connectivity index (χ4n) is 1.60. The Labute approximate surface area is 126 Å². The van der Waals surface area contributed by atoms with Crippen molar-refractivity contribution in [2.75, 3.05) is 0 Å². The second-order valence-electron chi connectivity index (χ2n) is 4.07. The van der Waals surface area contributed by atoms with E-state index in [1.807, 2.05) is 0 Å². The minimum absolute atomic E-state index is 0.116. The van der Waals surface area contributed by atoms with Crippen molar-refractivity contribution in [3.8, 4) is 0 Å². The molecule has 1 heterocycles. The molecule has 0 fully saturated rings. The summed E-state index contributed by atoms with van der Waals surface area (Å²) in [7, 11) is -3.42. The van der Waals surface area contributed by atoms with Crippen LogP contribution in [0.25, 0.3) is 0 Å². The Hall–Kier alpha value is -1.35. The van der Waals surface area contributed by atoms with Gasteiger partial charge in [0.2, 0.25) is 10.0 Å². The van der Waals surface area contributed by atoms with Crippen LogP contribution in [0.15, 0.2) is 35.8 Å². The smallest absolute Gasteiger partial charge is 0.216 e. The quantitative estimate of drug-likeness (QED) is 0.783. The molecule has 0 aliphatic carbocycles. The van der Waals surface area contributed by atoms with Crippen LogP contribution in [-0.2, 0) is 22.3 Å². The number of aromatic nitrogens is 1. The van der Waals surface area contributed by atoms with E-state index >= 15 is 0 Å². The Morgan fingerprint density at radius 3 is 2.90 bits per heavy atom. The van der Waals surface area contributed by atoms with E-state index in [0.717, 1.165) is 5.01 Å². The van der Waals surface area contributed by atoms with Gasteiger partial charge in [-0.15, -0.1) is 11.3 Å². The lowest BCUT2D eigenvalue weighted by molar-refractivity contribution is 0.580. The first-order valence-corrected chi connectivity index (χ1v) is 8.65. The van der Waals surface area contributed by atoms with Crippen molar-refractivity contribution in [3.05, 3.63) is 52.0 Å². The van der Waals surface area contributed by atoms with Crippen LogP contribution in [0.5, 0.6) is 0 Å². The summed E-state index contributed by atoms with van der Waals surface area (Å²) in [6.45, 7) is 0.203. The Morgan fingerprint density at radius 2 is 2.25 bits per heavy atom. The monoisotopic (exact) mass is 327 g/mol. The van der Waals surface area contributed by atoms with Gasteiger partial charge in [0.25, 0.3) is 0 Å². The van der Waals surface area contributed by atoms with E-state index in [4.69, 9.17) is 18.0 Å². The highest BCUT2D eigenvalue weighted by Crippen LogP contribution is 2.10. The molecule has 106 valence electrons. The third-order valence-electron chi connectivity index (χ3n) is 2.49. The second kappa shape index (κ2) is 6.40. The molecule has 0 bridgehead atoms. The topological polar surface area (TPSA) is 85.1 Å². The fraction of sp³-hybridized carbons (Fsp3) is 0.167. The maximum Gasteiger partial charge on any atom is 0.216 e. The summed E-state index contributed by atoms with van der Waals surface area (Å²) in [5, 5.41) is 2.53. The van der Waals surface area contributed by atoms with Crippen molar-refractivity contribution in [1.29, 1.82) is 0 Å². The van der Waals surface area contributed by atoms with E-state index < -0.39 is 10.0 Å². The van der Waals surface area contributed by atoms with Gasteiger partial charge in [0.1, 0.15) is 10.00 Å². The minimum atomic E-state index is -3.42. The molecular weight excluding hydrogens is 314 g/mol. The predicted molar refractivity (Wildman–Crippen MR) is 83.9 cm³/mol. The summed E-state index contributed by atoms with van der Waals surface area (Å²) in [4.78, 5) is 4.27. The molecule has 3 N–H and O–H groups in total. The summed E-state index contributed by atoms with van der Waals surface area (Å²) in [5.74, 6) is -0.116. The number of hydrogen-bond acceptors (Lipinski definition) is 5. The summed E-state index contributed by atoms with van der Waals surface area (Å²) >= 11 is 6.28. The van der Waals surface area contributed by atoms with Crippen LogP contribution in [-0.4, -0.2) is 18.4 Å². The van der Waals surface area contributed by atoms with Crippen molar-refractivity contribution in [2.24, 2.45) is 5.73 Å². The van der Waals surface area contributed by atoms with Crippen molar-refractivity contribution < 1.29 is 8.42 Å². The van der Waals surface area contributed by atoms with Crippen molar-refractivity contribution in [2.45, 2.75) is 12.3 Å². The van der Waals surface area contributed by atoms with Gasteiger partial charge in [-0.05, 0) is 11.6 Å². The molecule has 0 saturated heterocycles. The molecule has 1 aromatic carbocycles. The Balaban J connectivity index is 2.04. The molecule has 0 aliphatic heterocycles. The van der Waals surface area contributed by atoms with Crippen LogP contribution in [0.3, 0.4) is 0 Å². The highest BCUT2D eigenvalue weighted by atomic mass is 32.2. The Morgan fingerprint density at radius 1 is 1.45 bits per heavy atom. The number of thiazole rings is 1. The van der Waals surface area contributed by atoms with Crippen LogP contribution in [0.4, 0.5) is 0 Å². The van der Waals surface area contributed by atoms with Crippen LogP contribution in [0, 0.1) is 0 Å². The zero-order valence-corrected chi connectivity index (χ0v) is 12.9. The van der Waals surface area contributed by atoms with E-state index in [1.165, 1.54) is 11.3 Å². The molecule has 0 atom stereocenters. The first-order valence-electron chi connectivity index (χ1n) is 5.71. The highest BCUT2D eigenvalue weighted by Gasteiger charge is 2.12. The van der Waals surface area contributed by atoms with Crippen LogP contribution < -0.4 is 10.5 Å². The van der Waals surface area contributed by atoms with Gasteiger partial charge in [0, 0.05) is 17.1 Å². The molecule has 8 heteroatoms. The predicted octanol–water partition coefficient (Wildman–Crippen LogP) is 1.40. The maximum atomic E-state index is 12.0. The number of nitrogens with zero attached hydrogens (tertiary/aromatic N) is 1. The van der Waals surface area contributed by atoms with E-state index in [9.17, 15) is 8.42 Å². The lowest BCUT2D eigenvalue weighted by Crippen LogP contribution is -2.24. The average Bonchev–Trinajstić information content (AvgIpc) is 2.89. The molecule has 5 nitrogen and oxygen atoms in total. The zero-order valence-electron chi connectivity index (χ0n) is 10.4. The van der Waals surface area contributed by atoms with Crippen molar-refractivity contribution >= 4 is 38.6 Å². The third-order valence-corrected chi connectivity index (χ3v) is 4.81. The zero-order chi connectivity index (χ0) is 14.6. The minimum Gasteiger partial charge on any atom is -0.389 e. The molecule has 0 radical (unpaired) electrons. The van der Waals surface area contributed by atoms with Gasteiger partial charge in [0.15, 0.2) is 0 Å². The van der Waals surface area contributed by atoms with E-state index in [2.05, 4.69) is 9.71 Å². The number of benzene rings is 1. The first kappa shape index (κ1) is 15.0. The second-order valence-corrected chi connectivity index (χ2v) is 7.30. The molecular formula is C12H13N3O2S3.